The van der Waals surface area contributed by atoms with E-state index in [9.17, 15) is 9.59 Å². The summed E-state index contributed by atoms with van der Waals surface area (Å²) in [7, 11) is 0. The zero-order valence-corrected chi connectivity index (χ0v) is 15.4. The van der Waals surface area contributed by atoms with Gasteiger partial charge in [-0.3, -0.25) is 14.0 Å². The van der Waals surface area contributed by atoms with Crippen molar-refractivity contribution in [3.8, 4) is 5.75 Å². The van der Waals surface area contributed by atoms with Crippen LogP contribution in [-0.4, -0.2) is 21.9 Å². The molecule has 0 aliphatic heterocycles. The van der Waals surface area contributed by atoms with Crippen molar-refractivity contribution in [3.63, 3.8) is 0 Å². The molecule has 2 aromatic heterocycles. The number of carbonyl (C=O) groups excluding carboxylic acids is 1. The predicted molar refractivity (Wildman–Crippen MR) is 108 cm³/mol. The summed E-state index contributed by atoms with van der Waals surface area (Å²) in [6.45, 7) is 2.85. The highest BCUT2D eigenvalue weighted by Gasteiger charge is 2.14. The molecule has 28 heavy (non-hydrogen) atoms. The van der Waals surface area contributed by atoms with Crippen molar-refractivity contribution in [2.75, 3.05) is 6.61 Å². The van der Waals surface area contributed by atoms with E-state index in [0.717, 1.165) is 11.3 Å². The standard InChI is InChI=1S/C22H19N3O3/c1-2-28-16-8-5-7-15(13-16)14-23-21(26)18-10-6-12-25-20(18)24-19-11-4-3-9-17(19)22(25)27/h3-13H,2,14H2,1H3,(H,23,26). The van der Waals surface area contributed by atoms with Crippen LogP contribution in [0.4, 0.5) is 0 Å². The highest BCUT2D eigenvalue weighted by molar-refractivity contribution is 6.00. The van der Waals surface area contributed by atoms with Gasteiger partial charge in [-0.05, 0) is 48.9 Å². The van der Waals surface area contributed by atoms with Crippen molar-refractivity contribution in [1.29, 1.82) is 0 Å². The number of nitrogens with one attached hydrogen (secondary N) is 1. The molecule has 140 valence electrons. The average Bonchev–Trinajstić information content (AvgIpc) is 2.72. The number of aromatic nitrogens is 2. The molecule has 0 aliphatic carbocycles. The van der Waals surface area contributed by atoms with Gasteiger partial charge in [-0.2, -0.15) is 0 Å². The van der Waals surface area contributed by atoms with Gasteiger partial charge in [0, 0.05) is 12.7 Å². The molecule has 0 radical (unpaired) electrons. The molecule has 1 N–H and O–H groups in total. The van der Waals surface area contributed by atoms with Crippen LogP contribution in [0.1, 0.15) is 22.8 Å². The van der Waals surface area contributed by atoms with Gasteiger partial charge in [0.2, 0.25) is 0 Å². The lowest BCUT2D eigenvalue weighted by Crippen LogP contribution is -2.25. The number of carbonyl (C=O) groups is 1. The molecular formula is C22H19N3O3. The van der Waals surface area contributed by atoms with Gasteiger partial charge in [0.1, 0.15) is 5.75 Å². The topological polar surface area (TPSA) is 72.7 Å². The zero-order valence-electron chi connectivity index (χ0n) is 15.4. The second-order valence-corrected chi connectivity index (χ2v) is 6.31. The minimum absolute atomic E-state index is 0.195. The third-order valence-corrected chi connectivity index (χ3v) is 4.45. The number of benzene rings is 2. The third-order valence-electron chi connectivity index (χ3n) is 4.45. The van der Waals surface area contributed by atoms with E-state index in [4.69, 9.17) is 4.74 Å². The van der Waals surface area contributed by atoms with Crippen LogP contribution in [0.25, 0.3) is 16.6 Å². The number of rotatable bonds is 5. The Morgan fingerprint density at radius 1 is 1.11 bits per heavy atom. The first-order valence-electron chi connectivity index (χ1n) is 9.07. The van der Waals surface area contributed by atoms with Gasteiger partial charge < -0.3 is 10.1 Å². The number of pyridine rings is 1. The molecule has 1 amide bonds. The lowest BCUT2D eigenvalue weighted by atomic mass is 10.2. The van der Waals surface area contributed by atoms with E-state index >= 15 is 0 Å². The number of para-hydroxylation sites is 1. The van der Waals surface area contributed by atoms with E-state index in [1.165, 1.54) is 4.40 Å². The largest absolute Gasteiger partial charge is 0.494 e. The quantitative estimate of drug-likeness (QED) is 0.546. The summed E-state index contributed by atoms with van der Waals surface area (Å²) >= 11 is 0. The van der Waals surface area contributed by atoms with Gasteiger partial charge in [0.25, 0.3) is 11.5 Å². The van der Waals surface area contributed by atoms with Gasteiger partial charge in [-0.25, -0.2) is 4.98 Å². The van der Waals surface area contributed by atoms with Crippen molar-refractivity contribution in [1.82, 2.24) is 14.7 Å². The first kappa shape index (κ1) is 17.7. The normalized spacial score (nSPS) is 10.9. The summed E-state index contributed by atoms with van der Waals surface area (Å²) in [4.78, 5) is 30.0. The highest BCUT2D eigenvalue weighted by Crippen LogP contribution is 2.15. The minimum atomic E-state index is -0.290. The van der Waals surface area contributed by atoms with E-state index in [-0.39, 0.29) is 11.5 Å². The molecule has 0 atom stereocenters. The molecule has 2 aromatic carbocycles. The molecule has 0 saturated carbocycles. The Balaban J connectivity index is 1.66. The maximum absolute atomic E-state index is 12.8. The van der Waals surface area contributed by atoms with E-state index in [0.29, 0.717) is 35.3 Å². The molecule has 0 unspecified atom stereocenters. The fourth-order valence-electron chi connectivity index (χ4n) is 3.14. The van der Waals surface area contributed by atoms with Crippen LogP contribution in [0.3, 0.4) is 0 Å². The predicted octanol–water partition coefficient (Wildman–Crippen LogP) is 3.18. The van der Waals surface area contributed by atoms with Gasteiger partial charge in [0.05, 0.1) is 23.1 Å². The fourth-order valence-corrected chi connectivity index (χ4v) is 3.14. The second-order valence-electron chi connectivity index (χ2n) is 6.31. The van der Waals surface area contributed by atoms with Crippen LogP contribution in [-0.2, 0) is 6.54 Å². The van der Waals surface area contributed by atoms with Crippen molar-refractivity contribution in [2.45, 2.75) is 13.5 Å². The van der Waals surface area contributed by atoms with Crippen molar-refractivity contribution < 1.29 is 9.53 Å². The van der Waals surface area contributed by atoms with Gasteiger partial charge in [-0.1, -0.05) is 24.3 Å². The zero-order chi connectivity index (χ0) is 19.5. The molecule has 6 heteroatoms. The van der Waals surface area contributed by atoms with Crippen molar-refractivity contribution in [3.05, 3.63) is 88.3 Å². The summed E-state index contributed by atoms with van der Waals surface area (Å²) < 4.78 is 6.90. The van der Waals surface area contributed by atoms with Gasteiger partial charge in [-0.15, -0.1) is 0 Å². The molecule has 4 aromatic rings. The number of hydrogen-bond donors (Lipinski definition) is 1. The molecule has 0 bridgehead atoms. The van der Waals surface area contributed by atoms with Crippen molar-refractivity contribution in [2.24, 2.45) is 0 Å². The van der Waals surface area contributed by atoms with Gasteiger partial charge in [0.15, 0.2) is 5.65 Å². The third kappa shape index (κ3) is 3.32. The second kappa shape index (κ2) is 7.52. The summed E-state index contributed by atoms with van der Waals surface area (Å²) in [5.41, 5.74) is 1.99. The van der Waals surface area contributed by atoms with Crippen LogP contribution < -0.4 is 15.6 Å². The van der Waals surface area contributed by atoms with E-state index in [1.807, 2.05) is 37.3 Å². The Morgan fingerprint density at radius 3 is 2.82 bits per heavy atom. The van der Waals surface area contributed by atoms with Crippen LogP contribution in [0.5, 0.6) is 5.75 Å². The molecule has 0 aliphatic rings. The summed E-state index contributed by atoms with van der Waals surface area (Å²) in [6, 6.07) is 18.0. The molecule has 0 fully saturated rings. The SMILES string of the molecule is CCOc1cccc(CNC(=O)c2cccn3c(=O)c4ccccc4nc23)c1. The monoisotopic (exact) mass is 373 g/mol. The van der Waals surface area contributed by atoms with Gasteiger partial charge >= 0.3 is 0 Å². The lowest BCUT2D eigenvalue weighted by Gasteiger charge is -2.10. The first-order valence-corrected chi connectivity index (χ1v) is 9.07. The Morgan fingerprint density at radius 2 is 1.96 bits per heavy atom. The van der Waals surface area contributed by atoms with Crippen LogP contribution in [0.2, 0.25) is 0 Å². The molecular weight excluding hydrogens is 354 g/mol. The molecule has 6 nitrogen and oxygen atoms in total. The maximum Gasteiger partial charge on any atom is 0.265 e. The summed E-state index contributed by atoms with van der Waals surface area (Å²) in [6.07, 6.45) is 1.62. The lowest BCUT2D eigenvalue weighted by molar-refractivity contribution is 0.0952. The molecule has 0 saturated heterocycles. The van der Waals surface area contributed by atoms with Crippen LogP contribution >= 0.6 is 0 Å². The van der Waals surface area contributed by atoms with Crippen LogP contribution in [0.15, 0.2) is 71.7 Å². The average molecular weight is 373 g/mol. The number of amides is 1. The Bertz CT molecular complexity index is 1230. The molecule has 2 heterocycles. The smallest absolute Gasteiger partial charge is 0.265 e. The van der Waals surface area contributed by atoms with E-state index < -0.39 is 0 Å². The maximum atomic E-state index is 12.8. The Labute approximate surface area is 161 Å². The molecule has 0 spiro atoms. The summed E-state index contributed by atoms with van der Waals surface area (Å²) in [5, 5.41) is 3.41. The van der Waals surface area contributed by atoms with Crippen molar-refractivity contribution >= 4 is 22.5 Å². The Kier molecular flexibility index (Phi) is 4.76. The number of ether oxygens (including phenoxy) is 1. The number of nitrogens with zero attached hydrogens (tertiary/aromatic N) is 2. The first-order chi connectivity index (χ1) is 13.7. The molecule has 4 rings (SSSR count). The van der Waals surface area contributed by atoms with E-state index in [1.54, 1.807) is 36.5 Å². The highest BCUT2D eigenvalue weighted by atomic mass is 16.5. The van der Waals surface area contributed by atoms with E-state index in [2.05, 4.69) is 10.3 Å². The van der Waals surface area contributed by atoms with Crippen LogP contribution in [0, 0.1) is 0 Å². The minimum Gasteiger partial charge on any atom is -0.494 e. The Hall–Kier alpha value is -3.67. The number of fused-ring (bicyclic) bond motifs is 2. The summed E-state index contributed by atoms with van der Waals surface area (Å²) in [5.74, 6) is 0.473. The fraction of sp³-hybridized carbons (Fsp3) is 0.136. The number of hydrogen-bond acceptors (Lipinski definition) is 4.